The van der Waals surface area contributed by atoms with Crippen molar-refractivity contribution in [2.45, 2.75) is 25.9 Å². The summed E-state index contributed by atoms with van der Waals surface area (Å²) < 4.78 is 5.55. The summed E-state index contributed by atoms with van der Waals surface area (Å²) in [6.45, 7) is 2.12. The lowest BCUT2D eigenvalue weighted by molar-refractivity contribution is 0.108. The Balaban J connectivity index is 2.53. The van der Waals surface area contributed by atoms with Crippen molar-refractivity contribution in [3.05, 3.63) is 29.3 Å². The number of hydrogen-bond donors (Lipinski definition) is 1. The Morgan fingerprint density at radius 1 is 1.36 bits per heavy atom. The van der Waals surface area contributed by atoms with Gasteiger partial charge in [0.1, 0.15) is 11.9 Å². The summed E-state index contributed by atoms with van der Waals surface area (Å²) in [5.74, 6) is 0.752. The summed E-state index contributed by atoms with van der Waals surface area (Å²) in [6.07, 6.45) is 1.75. The molecule has 0 fully saturated rings. The van der Waals surface area contributed by atoms with E-state index in [1.165, 1.54) is 0 Å². The Kier molecular flexibility index (Phi) is 4.77. The zero-order valence-corrected chi connectivity index (χ0v) is 9.00. The maximum atomic E-state index is 9.02. The second-order valence-corrected chi connectivity index (χ2v) is 3.60. The fourth-order valence-corrected chi connectivity index (χ4v) is 1.34. The summed E-state index contributed by atoms with van der Waals surface area (Å²) in [4.78, 5) is 0. The Labute approximate surface area is 89.5 Å². The van der Waals surface area contributed by atoms with Crippen LogP contribution in [-0.2, 0) is 0 Å². The fourth-order valence-electron chi connectivity index (χ4n) is 1.22. The number of ether oxygens (including phenoxy) is 1. The summed E-state index contributed by atoms with van der Waals surface area (Å²) >= 11 is 5.74. The molecule has 78 valence electrons. The van der Waals surface area contributed by atoms with E-state index in [-0.39, 0.29) is 12.7 Å². The largest absolute Gasteiger partial charge is 0.488 e. The summed E-state index contributed by atoms with van der Waals surface area (Å²) in [7, 11) is 0. The first-order chi connectivity index (χ1) is 6.76. The molecule has 1 aromatic carbocycles. The molecule has 0 bridgehead atoms. The molecular formula is C11H15ClO2. The molecule has 1 aromatic rings. The SMILES string of the molecule is CCCC(CO)Oc1ccc(Cl)cc1. The molecule has 0 radical (unpaired) electrons. The van der Waals surface area contributed by atoms with Gasteiger partial charge in [-0.05, 0) is 30.7 Å². The van der Waals surface area contributed by atoms with Gasteiger partial charge in [-0.3, -0.25) is 0 Å². The lowest BCUT2D eigenvalue weighted by Gasteiger charge is -2.15. The lowest BCUT2D eigenvalue weighted by atomic mass is 10.2. The normalized spacial score (nSPS) is 12.5. The molecule has 14 heavy (non-hydrogen) atoms. The number of benzene rings is 1. The van der Waals surface area contributed by atoms with E-state index in [0.717, 1.165) is 18.6 Å². The zero-order valence-electron chi connectivity index (χ0n) is 8.24. The van der Waals surface area contributed by atoms with Crippen molar-refractivity contribution in [1.29, 1.82) is 0 Å². The number of halogens is 1. The predicted octanol–water partition coefficient (Wildman–Crippen LogP) is 2.88. The van der Waals surface area contributed by atoms with Gasteiger partial charge in [-0.1, -0.05) is 24.9 Å². The zero-order chi connectivity index (χ0) is 10.4. The van der Waals surface area contributed by atoms with Crippen LogP contribution in [-0.4, -0.2) is 17.8 Å². The minimum atomic E-state index is -0.110. The molecule has 0 aliphatic rings. The van der Waals surface area contributed by atoms with Crippen LogP contribution in [0.25, 0.3) is 0 Å². The van der Waals surface area contributed by atoms with Crippen LogP contribution in [0, 0.1) is 0 Å². The smallest absolute Gasteiger partial charge is 0.122 e. The standard InChI is InChI=1S/C11H15ClO2/c1-2-3-11(8-13)14-10-6-4-9(12)5-7-10/h4-7,11,13H,2-3,8H2,1H3. The van der Waals surface area contributed by atoms with Crippen molar-refractivity contribution < 1.29 is 9.84 Å². The van der Waals surface area contributed by atoms with Crippen LogP contribution in [0.15, 0.2) is 24.3 Å². The molecule has 1 atom stereocenters. The third-order valence-electron chi connectivity index (χ3n) is 1.93. The van der Waals surface area contributed by atoms with Gasteiger partial charge in [0.25, 0.3) is 0 Å². The average molecular weight is 215 g/mol. The molecule has 0 aliphatic heterocycles. The molecule has 1 rings (SSSR count). The Morgan fingerprint density at radius 3 is 2.50 bits per heavy atom. The second-order valence-electron chi connectivity index (χ2n) is 3.17. The van der Waals surface area contributed by atoms with Crippen molar-refractivity contribution in [3.8, 4) is 5.75 Å². The fraction of sp³-hybridized carbons (Fsp3) is 0.455. The summed E-state index contributed by atoms with van der Waals surface area (Å²) in [5.41, 5.74) is 0. The molecule has 0 amide bonds. The van der Waals surface area contributed by atoms with Crippen LogP contribution in [0.1, 0.15) is 19.8 Å². The number of aliphatic hydroxyl groups is 1. The van der Waals surface area contributed by atoms with Crippen LogP contribution in [0.5, 0.6) is 5.75 Å². The Bertz CT molecular complexity index is 258. The van der Waals surface area contributed by atoms with Gasteiger partial charge in [-0.25, -0.2) is 0 Å². The molecule has 0 aliphatic carbocycles. The summed E-state index contributed by atoms with van der Waals surface area (Å²) in [5, 5.41) is 9.71. The topological polar surface area (TPSA) is 29.5 Å². The van der Waals surface area contributed by atoms with Crippen LogP contribution < -0.4 is 4.74 Å². The van der Waals surface area contributed by atoms with Gasteiger partial charge in [-0.15, -0.1) is 0 Å². The van der Waals surface area contributed by atoms with Gasteiger partial charge in [0.05, 0.1) is 6.61 Å². The Hall–Kier alpha value is -0.730. The van der Waals surface area contributed by atoms with Crippen molar-refractivity contribution in [3.63, 3.8) is 0 Å². The third kappa shape index (κ3) is 3.56. The monoisotopic (exact) mass is 214 g/mol. The molecule has 2 nitrogen and oxygen atoms in total. The van der Waals surface area contributed by atoms with Gasteiger partial charge in [0, 0.05) is 5.02 Å². The van der Waals surface area contributed by atoms with E-state index >= 15 is 0 Å². The van der Waals surface area contributed by atoms with Gasteiger partial charge < -0.3 is 9.84 Å². The predicted molar refractivity (Wildman–Crippen MR) is 57.9 cm³/mol. The second kappa shape index (κ2) is 5.89. The molecule has 0 heterocycles. The molecular weight excluding hydrogens is 200 g/mol. The van der Waals surface area contributed by atoms with E-state index in [0.29, 0.717) is 5.02 Å². The lowest BCUT2D eigenvalue weighted by Crippen LogP contribution is -2.20. The molecule has 0 aromatic heterocycles. The van der Waals surface area contributed by atoms with E-state index in [9.17, 15) is 0 Å². The molecule has 1 unspecified atom stereocenters. The highest BCUT2D eigenvalue weighted by molar-refractivity contribution is 6.30. The minimum absolute atomic E-state index is 0.0521. The van der Waals surface area contributed by atoms with Crippen LogP contribution in [0.4, 0.5) is 0 Å². The third-order valence-corrected chi connectivity index (χ3v) is 2.18. The molecule has 1 N–H and O–H groups in total. The summed E-state index contributed by atoms with van der Waals surface area (Å²) in [6, 6.07) is 7.16. The van der Waals surface area contributed by atoms with E-state index in [1.54, 1.807) is 24.3 Å². The maximum absolute atomic E-state index is 9.02. The highest BCUT2D eigenvalue weighted by Gasteiger charge is 2.07. The quantitative estimate of drug-likeness (QED) is 0.817. The van der Waals surface area contributed by atoms with Crippen molar-refractivity contribution in [2.24, 2.45) is 0 Å². The maximum Gasteiger partial charge on any atom is 0.122 e. The van der Waals surface area contributed by atoms with Crippen molar-refractivity contribution in [1.82, 2.24) is 0 Å². The first-order valence-electron chi connectivity index (χ1n) is 4.79. The highest BCUT2D eigenvalue weighted by atomic mass is 35.5. The molecule has 0 saturated carbocycles. The highest BCUT2D eigenvalue weighted by Crippen LogP contribution is 2.17. The van der Waals surface area contributed by atoms with Crippen LogP contribution >= 0.6 is 11.6 Å². The van der Waals surface area contributed by atoms with Crippen LogP contribution in [0.3, 0.4) is 0 Å². The first kappa shape index (κ1) is 11.3. The molecule has 0 spiro atoms. The number of aliphatic hydroxyl groups excluding tert-OH is 1. The minimum Gasteiger partial charge on any atom is -0.488 e. The number of rotatable bonds is 5. The van der Waals surface area contributed by atoms with E-state index < -0.39 is 0 Å². The number of hydrogen-bond acceptors (Lipinski definition) is 2. The molecule has 0 saturated heterocycles. The van der Waals surface area contributed by atoms with Crippen molar-refractivity contribution >= 4 is 11.6 Å². The van der Waals surface area contributed by atoms with Gasteiger partial charge in [-0.2, -0.15) is 0 Å². The van der Waals surface area contributed by atoms with Gasteiger partial charge in [0.2, 0.25) is 0 Å². The average Bonchev–Trinajstić information content (AvgIpc) is 2.20. The van der Waals surface area contributed by atoms with Crippen molar-refractivity contribution in [2.75, 3.05) is 6.61 Å². The van der Waals surface area contributed by atoms with Gasteiger partial charge >= 0.3 is 0 Å². The van der Waals surface area contributed by atoms with E-state index in [1.807, 2.05) is 0 Å². The van der Waals surface area contributed by atoms with E-state index in [2.05, 4.69) is 6.92 Å². The first-order valence-corrected chi connectivity index (χ1v) is 5.17. The molecule has 3 heteroatoms. The Morgan fingerprint density at radius 2 is 2.00 bits per heavy atom. The van der Waals surface area contributed by atoms with Gasteiger partial charge in [0.15, 0.2) is 0 Å². The van der Waals surface area contributed by atoms with Crippen LogP contribution in [0.2, 0.25) is 5.02 Å². The van der Waals surface area contributed by atoms with E-state index in [4.69, 9.17) is 21.4 Å².